The van der Waals surface area contributed by atoms with E-state index in [2.05, 4.69) is 11.9 Å². The molecule has 6 nitrogen and oxygen atoms in total. The first-order valence-electron chi connectivity index (χ1n) is 7.69. The molecule has 1 aliphatic heterocycles. The Kier molecular flexibility index (Phi) is 6.15. The maximum absolute atomic E-state index is 11.3. The Bertz CT molecular complexity index is 402. The van der Waals surface area contributed by atoms with Crippen LogP contribution in [0.5, 0.6) is 0 Å². The quantitative estimate of drug-likeness (QED) is 0.509. The van der Waals surface area contributed by atoms with Crippen molar-refractivity contribution in [3.8, 4) is 0 Å². The van der Waals surface area contributed by atoms with Gasteiger partial charge >= 0.3 is 5.97 Å². The Morgan fingerprint density at radius 1 is 1.36 bits per heavy atom. The fraction of sp³-hybridized carbons (Fsp3) is 0.812. The summed E-state index contributed by atoms with van der Waals surface area (Å²) in [5, 5.41) is 24.9. The van der Waals surface area contributed by atoms with Crippen molar-refractivity contribution in [2.75, 3.05) is 13.2 Å². The van der Waals surface area contributed by atoms with Gasteiger partial charge in [0.25, 0.3) is 0 Å². The number of hydroxylamine groups is 2. The lowest BCUT2D eigenvalue weighted by atomic mass is 9.79. The summed E-state index contributed by atoms with van der Waals surface area (Å²) in [6.45, 7) is 13.3. The molecule has 1 rings (SSSR count). The van der Waals surface area contributed by atoms with Gasteiger partial charge in [-0.1, -0.05) is 6.58 Å². The molecule has 1 unspecified atom stereocenters. The average molecular weight is 314 g/mol. The van der Waals surface area contributed by atoms with Crippen molar-refractivity contribution >= 4 is 5.97 Å². The van der Waals surface area contributed by atoms with Crippen molar-refractivity contribution in [1.82, 2.24) is 10.4 Å². The number of nitrogens with one attached hydrogen (secondary N) is 1. The second kappa shape index (κ2) is 7.08. The standard InChI is InChI=1S/C16H30N2O4/c1-11(2)14(20)22-10-13(19)9-17-12-7-15(3,4)18(21)16(5,6)8-12/h12-13,17,19,21H,1,7-10H2,2-6H3. The number of hydrogen-bond donors (Lipinski definition) is 3. The van der Waals surface area contributed by atoms with Crippen molar-refractivity contribution in [3.05, 3.63) is 12.2 Å². The molecule has 0 bridgehead atoms. The lowest BCUT2D eigenvalue weighted by Gasteiger charge is -2.51. The second-order valence-corrected chi connectivity index (χ2v) is 7.48. The third-order valence-electron chi connectivity index (χ3n) is 4.04. The summed E-state index contributed by atoms with van der Waals surface area (Å²) in [6, 6.07) is 0.180. The highest BCUT2D eigenvalue weighted by molar-refractivity contribution is 5.86. The Morgan fingerprint density at radius 2 is 1.86 bits per heavy atom. The summed E-state index contributed by atoms with van der Waals surface area (Å²) < 4.78 is 4.93. The molecule has 6 heteroatoms. The molecule has 3 N–H and O–H groups in total. The molecule has 0 amide bonds. The van der Waals surface area contributed by atoms with Gasteiger partial charge in [-0.2, -0.15) is 5.06 Å². The molecule has 0 aromatic rings. The molecule has 1 fully saturated rings. The molecule has 1 saturated heterocycles. The summed E-state index contributed by atoms with van der Waals surface area (Å²) in [4.78, 5) is 11.3. The maximum Gasteiger partial charge on any atom is 0.333 e. The molecule has 0 spiro atoms. The second-order valence-electron chi connectivity index (χ2n) is 7.48. The van der Waals surface area contributed by atoms with Gasteiger partial charge in [0.15, 0.2) is 0 Å². The number of rotatable bonds is 6. The zero-order chi connectivity index (χ0) is 17.1. The number of aliphatic hydroxyl groups excluding tert-OH is 1. The maximum atomic E-state index is 11.3. The molecule has 1 atom stereocenters. The van der Waals surface area contributed by atoms with Crippen molar-refractivity contribution < 1.29 is 19.8 Å². The summed E-state index contributed by atoms with van der Waals surface area (Å²) in [5.41, 5.74) is -0.355. The molecule has 0 aromatic carbocycles. The number of aliphatic hydroxyl groups is 1. The van der Waals surface area contributed by atoms with Crippen molar-refractivity contribution in [3.63, 3.8) is 0 Å². The van der Waals surface area contributed by atoms with Crippen LogP contribution in [-0.4, -0.2) is 57.7 Å². The highest BCUT2D eigenvalue weighted by Gasteiger charge is 2.44. The van der Waals surface area contributed by atoms with E-state index < -0.39 is 12.1 Å². The number of piperidine rings is 1. The van der Waals surface area contributed by atoms with E-state index >= 15 is 0 Å². The number of nitrogens with zero attached hydrogens (tertiary/aromatic N) is 1. The van der Waals surface area contributed by atoms with E-state index in [-0.39, 0.29) is 23.7 Å². The van der Waals surface area contributed by atoms with E-state index in [0.29, 0.717) is 12.1 Å². The van der Waals surface area contributed by atoms with Gasteiger partial charge in [-0.15, -0.1) is 0 Å². The Morgan fingerprint density at radius 3 is 2.32 bits per heavy atom. The molecule has 0 saturated carbocycles. The molecular formula is C16H30N2O4. The van der Waals surface area contributed by atoms with Crippen LogP contribution in [0.2, 0.25) is 0 Å². The molecule has 22 heavy (non-hydrogen) atoms. The topological polar surface area (TPSA) is 82.0 Å². The smallest absolute Gasteiger partial charge is 0.333 e. The largest absolute Gasteiger partial charge is 0.460 e. The third-order valence-corrected chi connectivity index (χ3v) is 4.04. The SMILES string of the molecule is C=C(C)C(=O)OCC(O)CNC1CC(C)(C)N(O)C(C)(C)C1. The van der Waals surface area contributed by atoms with Gasteiger partial charge in [0.2, 0.25) is 0 Å². The van der Waals surface area contributed by atoms with Crippen molar-refractivity contribution in [2.45, 2.75) is 70.7 Å². The van der Waals surface area contributed by atoms with Gasteiger partial charge in [-0.3, -0.25) is 0 Å². The number of esters is 1. The fourth-order valence-corrected chi connectivity index (χ4v) is 3.07. The monoisotopic (exact) mass is 314 g/mol. The Hall–Kier alpha value is -0.950. The first-order chi connectivity index (χ1) is 9.95. The Balaban J connectivity index is 2.44. The van der Waals surface area contributed by atoms with Crippen LogP contribution >= 0.6 is 0 Å². The van der Waals surface area contributed by atoms with Crippen LogP contribution < -0.4 is 5.32 Å². The molecule has 0 aromatic heterocycles. The number of hydrogen-bond acceptors (Lipinski definition) is 6. The first-order valence-corrected chi connectivity index (χ1v) is 7.69. The van der Waals surface area contributed by atoms with Crippen LogP contribution in [0.1, 0.15) is 47.5 Å². The van der Waals surface area contributed by atoms with Crippen molar-refractivity contribution in [1.29, 1.82) is 0 Å². The van der Waals surface area contributed by atoms with E-state index in [1.807, 2.05) is 27.7 Å². The summed E-state index contributed by atoms with van der Waals surface area (Å²) in [5.74, 6) is -0.491. The zero-order valence-corrected chi connectivity index (χ0v) is 14.3. The van der Waals surface area contributed by atoms with Gasteiger partial charge in [-0.05, 0) is 47.5 Å². The normalized spacial score (nSPS) is 23.0. The lowest BCUT2D eigenvalue weighted by Crippen LogP contribution is -2.62. The summed E-state index contributed by atoms with van der Waals surface area (Å²) >= 11 is 0. The predicted octanol–water partition coefficient (Wildman–Crippen LogP) is 1.47. The minimum Gasteiger partial charge on any atom is -0.460 e. The van der Waals surface area contributed by atoms with Crippen LogP contribution in [0.3, 0.4) is 0 Å². The van der Waals surface area contributed by atoms with Crippen molar-refractivity contribution in [2.24, 2.45) is 0 Å². The molecular weight excluding hydrogens is 284 g/mol. The third kappa shape index (κ3) is 5.05. The highest BCUT2D eigenvalue weighted by atomic mass is 16.5. The molecule has 128 valence electrons. The lowest BCUT2D eigenvalue weighted by molar-refractivity contribution is -0.246. The minimum atomic E-state index is -0.762. The summed E-state index contributed by atoms with van der Waals surface area (Å²) in [6.07, 6.45) is 0.776. The van der Waals surface area contributed by atoms with Gasteiger partial charge in [0.05, 0.1) is 0 Å². The van der Waals surface area contributed by atoms with Gasteiger partial charge < -0.3 is 20.4 Å². The molecule has 1 aliphatic rings. The van der Waals surface area contributed by atoms with Gasteiger partial charge in [0, 0.05) is 29.2 Å². The Labute approximate surface area is 133 Å². The minimum absolute atomic E-state index is 0.0513. The van der Waals surface area contributed by atoms with E-state index in [0.717, 1.165) is 12.8 Å². The first kappa shape index (κ1) is 19.1. The van der Waals surface area contributed by atoms with E-state index in [1.54, 1.807) is 6.92 Å². The molecule has 0 radical (unpaired) electrons. The van der Waals surface area contributed by atoms with E-state index in [1.165, 1.54) is 5.06 Å². The van der Waals surface area contributed by atoms with Gasteiger partial charge in [0.1, 0.15) is 12.7 Å². The van der Waals surface area contributed by atoms with Crippen LogP contribution in [0.15, 0.2) is 12.2 Å². The van der Waals surface area contributed by atoms with Crippen LogP contribution in [-0.2, 0) is 9.53 Å². The number of carbonyl (C=O) groups is 1. The highest BCUT2D eigenvalue weighted by Crippen LogP contribution is 2.36. The number of carbonyl (C=O) groups excluding carboxylic acids is 1. The fourth-order valence-electron chi connectivity index (χ4n) is 3.07. The van der Waals surface area contributed by atoms with Gasteiger partial charge in [-0.25, -0.2) is 4.79 Å². The molecule has 1 heterocycles. The van der Waals surface area contributed by atoms with Crippen LogP contribution in [0.25, 0.3) is 0 Å². The van der Waals surface area contributed by atoms with E-state index in [9.17, 15) is 15.1 Å². The molecule has 0 aliphatic carbocycles. The summed E-state index contributed by atoms with van der Waals surface area (Å²) in [7, 11) is 0. The zero-order valence-electron chi connectivity index (χ0n) is 14.3. The predicted molar refractivity (Wildman–Crippen MR) is 84.6 cm³/mol. The van der Waals surface area contributed by atoms with E-state index in [4.69, 9.17) is 4.74 Å². The van der Waals surface area contributed by atoms with Crippen LogP contribution in [0, 0.1) is 0 Å². The van der Waals surface area contributed by atoms with Crippen LogP contribution in [0.4, 0.5) is 0 Å². The average Bonchev–Trinajstić information content (AvgIpc) is 2.39. The number of ether oxygens (including phenoxy) is 1.